The second-order valence-corrected chi connectivity index (χ2v) is 11.3. The Morgan fingerprint density at radius 3 is 2.27 bits per heavy atom. The first-order chi connectivity index (χ1) is 17.4. The molecule has 1 saturated carbocycles. The molecule has 2 aromatic carbocycles. The van der Waals surface area contributed by atoms with E-state index in [2.05, 4.69) is 5.32 Å². The Kier molecular flexibility index (Phi) is 9.22. The standard InChI is InChI=1S/C26H32F3N3O4S/c1-19(25(34)30-22-13-7-4-8-14-22)31(17-20-10-5-3-6-11-20)24(33)18-32(37(2,35)36)23-15-9-12-21(16-23)26(27,28)29/h3,5-6,9-12,15-16,19,22H,4,7-8,13-14,17-18H2,1-2H3,(H,30,34). The highest BCUT2D eigenvalue weighted by molar-refractivity contribution is 7.92. The Hall–Kier alpha value is -3.08. The summed E-state index contributed by atoms with van der Waals surface area (Å²) < 4.78 is 65.6. The lowest BCUT2D eigenvalue weighted by Crippen LogP contribution is -2.53. The van der Waals surface area contributed by atoms with E-state index in [1.54, 1.807) is 37.3 Å². The molecule has 1 unspecified atom stereocenters. The molecule has 11 heteroatoms. The van der Waals surface area contributed by atoms with Gasteiger partial charge in [0.05, 0.1) is 17.5 Å². The SMILES string of the molecule is CC(C(=O)NC1CCCCC1)N(Cc1ccccc1)C(=O)CN(c1cccc(C(F)(F)F)c1)S(C)(=O)=O. The van der Waals surface area contributed by atoms with Gasteiger partial charge in [-0.1, -0.05) is 55.7 Å². The van der Waals surface area contributed by atoms with Crippen LogP contribution in [0, 0.1) is 0 Å². The van der Waals surface area contributed by atoms with Crippen LogP contribution >= 0.6 is 0 Å². The summed E-state index contributed by atoms with van der Waals surface area (Å²) in [7, 11) is -4.13. The van der Waals surface area contributed by atoms with E-state index < -0.39 is 40.3 Å². The van der Waals surface area contributed by atoms with Gasteiger partial charge in [-0.2, -0.15) is 13.2 Å². The van der Waals surface area contributed by atoms with Crippen LogP contribution < -0.4 is 9.62 Å². The maximum atomic E-state index is 13.5. The van der Waals surface area contributed by atoms with Gasteiger partial charge in [0.2, 0.25) is 21.8 Å². The average Bonchev–Trinajstić information content (AvgIpc) is 2.85. The second-order valence-electron chi connectivity index (χ2n) is 9.34. The minimum Gasteiger partial charge on any atom is -0.352 e. The molecule has 0 bridgehead atoms. The molecule has 0 spiro atoms. The zero-order valence-electron chi connectivity index (χ0n) is 20.9. The molecule has 0 saturated heterocycles. The van der Waals surface area contributed by atoms with Crippen molar-refractivity contribution >= 4 is 27.5 Å². The van der Waals surface area contributed by atoms with Gasteiger partial charge in [0.1, 0.15) is 12.6 Å². The number of sulfonamides is 1. The summed E-state index contributed by atoms with van der Waals surface area (Å²) in [5.41, 5.74) is -0.602. The quantitative estimate of drug-likeness (QED) is 0.514. The van der Waals surface area contributed by atoms with Crippen molar-refractivity contribution < 1.29 is 31.2 Å². The number of hydrogen-bond donors (Lipinski definition) is 1. The van der Waals surface area contributed by atoms with Crippen molar-refractivity contribution in [1.82, 2.24) is 10.2 Å². The zero-order valence-corrected chi connectivity index (χ0v) is 21.7. The van der Waals surface area contributed by atoms with Crippen LogP contribution in [-0.4, -0.2) is 50.0 Å². The third-order valence-corrected chi connectivity index (χ3v) is 7.60. The Morgan fingerprint density at radius 1 is 1.03 bits per heavy atom. The van der Waals surface area contributed by atoms with Crippen molar-refractivity contribution in [3.8, 4) is 0 Å². The van der Waals surface area contributed by atoms with Gasteiger partial charge in [0.15, 0.2) is 0 Å². The Balaban J connectivity index is 1.88. The fraction of sp³-hybridized carbons (Fsp3) is 0.462. The fourth-order valence-electron chi connectivity index (χ4n) is 4.38. The van der Waals surface area contributed by atoms with Gasteiger partial charge in [0.25, 0.3) is 0 Å². The van der Waals surface area contributed by atoms with Gasteiger partial charge in [-0.3, -0.25) is 13.9 Å². The number of anilines is 1. The predicted octanol–water partition coefficient (Wildman–Crippen LogP) is 4.34. The van der Waals surface area contributed by atoms with Crippen molar-refractivity contribution in [1.29, 1.82) is 0 Å². The highest BCUT2D eigenvalue weighted by Gasteiger charge is 2.34. The van der Waals surface area contributed by atoms with Crippen molar-refractivity contribution in [2.24, 2.45) is 0 Å². The van der Waals surface area contributed by atoms with Crippen molar-refractivity contribution in [3.05, 3.63) is 65.7 Å². The molecule has 2 amide bonds. The fourth-order valence-corrected chi connectivity index (χ4v) is 5.22. The van der Waals surface area contributed by atoms with E-state index in [1.807, 2.05) is 0 Å². The molecule has 3 rings (SSSR count). The molecule has 1 fully saturated rings. The first-order valence-electron chi connectivity index (χ1n) is 12.1. The van der Waals surface area contributed by atoms with Gasteiger partial charge in [-0.15, -0.1) is 0 Å². The molecule has 0 aromatic heterocycles. The third-order valence-electron chi connectivity index (χ3n) is 6.46. The molecule has 1 aliphatic rings. The Morgan fingerprint density at radius 2 is 1.68 bits per heavy atom. The lowest BCUT2D eigenvalue weighted by Gasteiger charge is -2.33. The molecule has 1 atom stereocenters. The average molecular weight is 540 g/mol. The third kappa shape index (κ3) is 7.95. The normalized spacial score (nSPS) is 15.6. The lowest BCUT2D eigenvalue weighted by molar-refractivity contribution is -0.139. The highest BCUT2D eigenvalue weighted by Crippen LogP contribution is 2.32. The van der Waals surface area contributed by atoms with Crippen LogP contribution in [0.2, 0.25) is 0 Å². The topological polar surface area (TPSA) is 86.8 Å². The van der Waals surface area contributed by atoms with Gasteiger partial charge in [-0.05, 0) is 43.5 Å². The van der Waals surface area contributed by atoms with Gasteiger partial charge in [0, 0.05) is 12.6 Å². The number of hydrogen-bond acceptors (Lipinski definition) is 4. The van der Waals surface area contributed by atoms with Crippen LogP contribution in [0.15, 0.2) is 54.6 Å². The number of nitrogens with one attached hydrogen (secondary N) is 1. The number of nitrogens with zero attached hydrogens (tertiary/aromatic N) is 2. The summed E-state index contributed by atoms with van der Waals surface area (Å²) in [4.78, 5) is 27.9. The summed E-state index contributed by atoms with van der Waals surface area (Å²) in [5, 5.41) is 2.99. The molecule has 37 heavy (non-hydrogen) atoms. The number of carbonyl (C=O) groups is 2. The maximum Gasteiger partial charge on any atom is 0.416 e. The highest BCUT2D eigenvalue weighted by atomic mass is 32.2. The summed E-state index contributed by atoms with van der Waals surface area (Å²) in [6, 6.07) is 11.8. The predicted molar refractivity (Wildman–Crippen MR) is 135 cm³/mol. The summed E-state index contributed by atoms with van der Waals surface area (Å²) in [5.74, 6) is -1.07. The molecule has 1 aliphatic carbocycles. The maximum absolute atomic E-state index is 13.5. The number of benzene rings is 2. The van der Waals surface area contributed by atoms with E-state index in [-0.39, 0.29) is 24.2 Å². The largest absolute Gasteiger partial charge is 0.416 e. The molecule has 0 heterocycles. The number of alkyl halides is 3. The molecule has 202 valence electrons. The van der Waals surface area contributed by atoms with Crippen molar-refractivity contribution in [3.63, 3.8) is 0 Å². The molecular formula is C26H32F3N3O4S. The van der Waals surface area contributed by atoms with E-state index in [1.165, 1.54) is 11.0 Å². The van der Waals surface area contributed by atoms with Gasteiger partial charge in [-0.25, -0.2) is 8.42 Å². The molecule has 0 aliphatic heterocycles. The zero-order chi connectivity index (χ0) is 27.2. The minimum atomic E-state index is -4.69. The van der Waals surface area contributed by atoms with Crippen LogP contribution in [0.25, 0.3) is 0 Å². The van der Waals surface area contributed by atoms with Crippen LogP contribution in [0.1, 0.15) is 50.2 Å². The number of rotatable bonds is 9. The van der Waals surface area contributed by atoms with E-state index >= 15 is 0 Å². The summed E-state index contributed by atoms with van der Waals surface area (Å²) in [6.07, 6.45) is 0.955. The number of amides is 2. The molecule has 0 radical (unpaired) electrons. The first-order valence-corrected chi connectivity index (χ1v) is 14.0. The molecule has 2 aromatic rings. The van der Waals surface area contributed by atoms with Crippen LogP contribution in [0.4, 0.5) is 18.9 Å². The Bertz CT molecular complexity index is 1180. The van der Waals surface area contributed by atoms with Gasteiger partial charge >= 0.3 is 6.18 Å². The summed E-state index contributed by atoms with van der Waals surface area (Å²) >= 11 is 0. The van der Waals surface area contributed by atoms with E-state index in [9.17, 15) is 31.2 Å². The van der Waals surface area contributed by atoms with E-state index in [0.717, 1.165) is 56.1 Å². The van der Waals surface area contributed by atoms with Crippen molar-refractivity contribution in [2.45, 2.75) is 63.8 Å². The second kappa shape index (κ2) is 12.0. The summed E-state index contributed by atoms with van der Waals surface area (Å²) in [6.45, 7) is 0.835. The smallest absolute Gasteiger partial charge is 0.352 e. The number of carbonyl (C=O) groups excluding carboxylic acids is 2. The van der Waals surface area contributed by atoms with Crippen LogP contribution in [-0.2, 0) is 32.3 Å². The Labute approximate surface area is 215 Å². The first kappa shape index (κ1) is 28.5. The van der Waals surface area contributed by atoms with E-state index in [0.29, 0.717) is 10.4 Å². The molecule has 1 N–H and O–H groups in total. The lowest BCUT2D eigenvalue weighted by atomic mass is 9.95. The van der Waals surface area contributed by atoms with Crippen LogP contribution in [0.5, 0.6) is 0 Å². The number of halogens is 3. The molecule has 7 nitrogen and oxygen atoms in total. The minimum absolute atomic E-state index is 0.00926. The van der Waals surface area contributed by atoms with E-state index in [4.69, 9.17) is 0 Å². The molecular weight excluding hydrogens is 507 g/mol. The monoisotopic (exact) mass is 539 g/mol. The van der Waals surface area contributed by atoms with Crippen LogP contribution in [0.3, 0.4) is 0 Å². The van der Waals surface area contributed by atoms with Gasteiger partial charge < -0.3 is 10.2 Å². The van der Waals surface area contributed by atoms with Crippen molar-refractivity contribution in [2.75, 3.05) is 17.1 Å².